The molecule has 9 heteroatoms. The molecule has 0 aromatic heterocycles. The van der Waals surface area contributed by atoms with Crippen LogP contribution in [-0.2, 0) is 19.9 Å². The van der Waals surface area contributed by atoms with Crippen LogP contribution in [0, 0.1) is 0 Å². The van der Waals surface area contributed by atoms with Crippen molar-refractivity contribution >= 4 is 19.9 Å². The van der Waals surface area contributed by atoms with Crippen LogP contribution in [-0.4, -0.2) is 28.1 Å². The monoisotopic (exact) mass is 341 g/mol. The van der Waals surface area contributed by atoms with E-state index < -0.39 is 36.1 Å². The molecule has 0 aliphatic carbocycles. The summed E-state index contributed by atoms with van der Waals surface area (Å²) in [6, 6.07) is 3.69. The molecule has 0 aliphatic rings. The molecule has 21 heavy (non-hydrogen) atoms. The van der Waals surface area contributed by atoms with Gasteiger partial charge in [-0.2, -0.15) is 8.78 Å². The molecule has 120 valence electrons. The number of benzene rings is 1. The lowest BCUT2D eigenvalue weighted by atomic mass is 10.0. The van der Waals surface area contributed by atoms with Crippen LogP contribution < -0.4 is 4.72 Å². The Morgan fingerprint density at radius 3 is 1.86 bits per heavy atom. The van der Waals surface area contributed by atoms with Crippen LogP contribution in [0.15, 0.2) is 34.1 Å². The van der Waals surface area contributed by atoms with Crippen molar-refractivity contribution < 1.29 is 25.6 Å². The number of sulfonamides is 1. The van der Waals surface area contributed by atoms with Crippen molar-refractivity contribution in [2.75, 3.05) is 0 Å². The van der Waals surface area contributed by atoms with E-state index in [2.05, 4.69) is 4.72 Å². The van der Waals surface area contributed by atoms with E-state index in [9.17, 15) is 25.6 Å². The Morgan fingerprint density at radius 2 is 1.48 bits per heavy atom. The highest BCUT2D eigenvalue weighted by Crippen LogP contribution is 2.21. The van der Waals surface area contributed by atoms with Crippen molar-refractivity contribution in [1.29, 1.82) is 0 Å². The standard InChI is InChI=1S/C12H17F2NO4S2/c1-4-12(2,3)15-21(18,19)10-7-5-9(6-8-10)20(16,17)11(13)14/h5-8,11,15H,4H2,1-3H3. The molecule has 0 saturated carbocycles. The van der Waals surface area contributed by atoms with Crippen molar-refractivity contribution in [1.82, 2.24) is 4.72 Å². The van der Waals surface area contributed by atoms with E-state index in [1.165, 1.54) is 0 Å². The van der Waals surface area contributed by atoms with Gasteiger partial charge in [-0.1, -0.05) is 6.92 Å². The highest BCUT2D eigenvalue weighted by atomic mass is 32.2. The fraction of sp³-hybridized carbons (Fsp3) is 0.500. The van der Waals surface area contributed by atoms with Crippen molar-refractivity contribution in [3.63, 3.8) is 0 Å². The predicted molar refractivity (Wildman–Crippen MR) is 74.3 cm³/mol. The van der Waals surface area contributed by atoms with E-state index >= 15 is 0 Å². The van der Waals surface area contributed by atoms with Gasteiger partial charge in [0, 0.05) is 5.54 Å². The van der Waals surface area contributed by atoms with E-state index in [0.29, 0.717) is 6.42 Å². The highest BCUT2D eigenvalue weighted by Gasteiger charge is 2.28. The zero-order chi connectivity index (χ0) is 16.5. The van der Waals surface area contributed by atoms with Crippen molar-refractivity contribution in [2.24, 2.45) is 0 Å². The number of hydrogen-bond acceptors (Lipinski definition) is 4. The summed E-state index contributed by atoms with van der Waals surface area (Å²) >= 11 is 0. The SMILES string of the molecule is CCC(C)(C)NS(=O)(=O)c1ccc(S(=O)(=O)C(F)F)cc1. The van der Waals surface area contributed by atoms with E-state index in [4.69, 9.17) is 0 Å². The molecule has 1 aromatic rings. The molecule has 1 rings (SSSR count). The molecule has 5 nitrogen and oxygen atoms in total. The van der Waals surface area contributed by atoms with Gasteiger partial charge >= 0.3 is 5.76 Å². The zero-order valence-corrected chi connectivity index (χ0v) is 13.4. The Morgan fingerprint density at radius 1 is 1.05 bits per heavy atom. The van der Waals surface area contributed by atoms with Crippen molar-refractivity contribution in [2.45, 2.75) is 48.3 Å². The lowest BCUT2D eigenvalue weighted by Gasteiger charge is -2.24. The lowest BCUT2D eigenvalue weighted by molar-refractivity contribution is 0.234. The summed E-state index contributed by atoms with van der Waals surface area (Å²) < 4.78 is 73.9. The second-order valence-corrected chi connectivity index (χ2v) is 8.72. The molecule has 0 bridgehead atoms. The van der Waals surface area contributed by atoms with Gasteiger partial charge in [-0.25, -0.2) is 21.6 Å². The molecule has 1 N–H and O–H groups in total. The predicted octanol–water partition coefficient (Wildman–Crippen LogP) is 2.15. The molecule has 1 aromatic carbocycles. The van der Waals surface area contributed by atoms with Crippen LogP contribution in [0.2, 0.25) is 0 Å². The Bertz CT molecular complexity index is 695. The number of alkyl halides is 2. The van der Waals surface area contributed by atoms with Gasteiger partial charge in [0.1, 0.15) is 0 Å². The number of nitrogens with one attached hydrogen (secondary N) is 1. The van der Waals surface area contributed by atoms with Crippen molar-refractivity contribution in [3.8, 4) is 0 Å². The first-order valence-electron chi connectivity index (χ1n) is 6.08. The second kappa shape index (κ2) is 5.98. The zero-order valence-electron chi connectivity index (χ0n) is 11.8. The minimum absolute atomic E-state index is 0.183. The molecule has 0 atom stereocenters. The Balaban J connectivity index is 3.14. The molecule has 0 aliphatic heterocycles. The van der Waals surface area contributed by atoms with Gasteiger partial charge in [0.15, 0.2) is 0 Å². The van der Waals surface area contributed by atoms with Crippen LogP contribution in [0.1, 0.15) is 27.2 Å². The van der Waals surface area contributed by atoms with Gasteiger partial charge in [-0.3, -0.25) is 0 Å². The average molecular weight is 341 g/mol. The molecule has 0 unspecified atom stereocenters. The maximum Gasteiger partial charge on any atom is 0.341 e. The van der Waals surface area contributed by atoms with Gasteiger partial charge in [-0.05, 0) is 44.5 Å². The summed E-state index contributed by atoms with van der Waals surface area (Å²) in [4.78, 5) is -0.802. The van der Waals surface area contributed by atoms with Crippen molar-refractivity contribution in [3.05, 3.63) is 24.3 Å². The molecule has 0 spiro atoms. The number of hydrogen-bond donors (Lipinski definition) is 1. The molecule has 0 heterocycles. The quantitative estimate of drug-likeness (QED) is 0.860. The maximum absolute atomic E-state index is 12.4. The molecule has 0 radical (unpaired) electrons. The molecular formula is C12H17F2NO4S2. The smallest absolute Gasteiger partial charge is 0.218 e. The maximum atomic E-state index is 12.4. The van der Waals surface area contributed by atoms with Gasteiger partial charge < -0.3 is 0 Å². The Kier molecular flexibility index (Phi) is 5.12. The summed E-state index contributed by atoms with van der Waals surface area (Å²) in [5, 5.41) is 0. The second-order valence-electron chi connectivity index (χ2n) is 5.12. The summed E-state index contributed by atoms with van der Waals surface area (Å²) in [6.07, 6.45) is 0.546. The van der Waals surface area contributed by atoms with Crippen LogP contribution >= 0.6 is 0 Å². The fourth-order valence-electron chi connectivity index (χ4n) is 1.41. The van der Waals surface area contributed by atoms with Gasteiger partial charge in [0.25, 0.3) is 0 Å². The van der Waals surface area contributed by atoms with E-state index in [0.717, 1.165) is 24.3 Å². The van der Waals surface area contributed by atoms with Crippen LogP contribution in [0.25, 0.3) is 0 Å². The summed E-state index contributed by atoms with van der Waals surface area (Å²) in [5.74, 6) is -3.54. The summed E-state index contributed by atoms with van der Waals surface area (Å²) in [6.45, 7) is 5.20. The van der Waals surface area contributed by atoms with E-state index in [1.54, 1.807) is 20.8 Å². The Labute approximate surface area is 123 Å². The van der Waals surface area contributed by atoms with E-state index in [1.807, 2.05) is 0 Å². The van der Waals surface area contributed by atoms with E-state index in [-0.39, 0.29) is 4.90 Å². The number of rotatable bonds is 6. The summed E-state index contributed by atoms with van der Waals surface area (Å²) in [5.41, 5.74) is -0.674. The third-order valence-corrected chi connectivity index (χ3v) is 6.10. The lowest BCUT2D eigenvalue weighted by Crippen LogP contribution is -2.42. The molecule has 0 fully saturated rings. The molecule has 0 amide bonds. The van der Waals surface area contributed by atoms with Crippen LogP contribution in [0.5, 0.6) is 0 Å². The fourth-order valence-corrected chi connectivity index (χ4v) is 3.61. The topological polar surface area (TPSA) is 80.3 Å². The third-order valence-electron chi connectivity index (χ3n) is 2.99. The van der Waals surface area contributed by atoms with Gasteiger partial charge in [-0.15, -0.1) is 0 Å². The van der Waals surface area contributed by atoms with Gasteiger partial charge in [0.2, 0.25) is 19.9 Å². The average Bonchev–Trinajstić information content (AvgIpc) is 2.37. The first-order chi connectivity index (χ1) is 9.42. The van der Waals surface area contributed by atoms with Gasteiger partial charge in [0.05, 0.1) is 9.79 Å². The molecule has 0 saturated heterocycles. The first kappa shape index (κ1) is 18.0. The number of sulfone groups is 1. The minimum Gasteiger partial charge on any atom is -0.218 e. The first-order valence-corrected chi connectivity index (χ1v) is 9.11. The van der Waals surface area contributed by atoms with Crippen LogP contribution in [0.3, 0.4) is 0 Å². The Hall–Kier alpha value is -1.06. The number of halogens is 2. The van der Waals surface area contributed by atoms with Crippen LogP contribution in [0.4, 0.5) is 8.78 Å². The summed E-state index contributed by atoms with van der Waals surface area (Å²) in [7, 11) is -8.57. The highest BCUT2D eigenvalue weighted by molar-refractivity contribution is 7.91. The third kappa shape index (κ3) is 4.21. The largest absolute Gasteiger partial charge is 0.341 e. The minimum atomic E-state index is -4.73. The molecular weight excluding hydrogens is 324 g/mol. The normalized spacial score (nSPS) is 13.6.